The van der Waals surface area contributed by atoms with E-state index in [-0.39, 0.29) is 17.8 Å². The summed E-state index contributed by atoms with van der Waals surface area (Å²) in [6.07, 6.45) is 1.22. The number of aryl methyl sites for hydroxylation is 1. The average molecular weight is 830 g/mol. The summed E-state index contributed by atoms with van der Waals surface area (Å²) in [5, 5.41) is 3.97. The van der Waals surface area contributed by atoms with Crippen molar-refractivity contribution in [2.24, 2.45) is 0 Å². The van der Waals surface area contributed by atoms with Gasteiger partial charge in [-0.3, -0.25) is 9.69 Å². The quantitative estimate of drug-likeness (QED) is 0.154. The summed E-state index contributed by atoms with van der Waals surface area (Å²) >= 11 is 28.4. The normalized spacial score (nSPS) is 17.8. The number of hydrogen-bond donors (Lipinski definition) is 1. The highest BCUT2D eigenvalue weighted by Gasteiger charge is 2.50. The van der Waals surface area contributed by atoms with Gasteiger partial charge in [-0.15, -0.1) is 0 Å². The van der Waals surface area contributed by atoms with Crippen LogP contribution in [0, 0.1) is 5.82 Å². The molecule has 13 heteroatoms. The van der Waals surface area contributed by atoms with E-state index >= 15 is 0 Å². The Labute approximate surface area is 321 Å². The SMILES string of the molecule is CCN(Cc1ccccc1Cl)C(=O)C1=C(c2ccc(CCCOc3cc(F)ccc3Br)cc2)CC2CNCC1N2C(=O)OC(C)(C)C(Cl)(Cl)Cl. The number of halogens is 6. The van der Waals surface area contributed by atoms with Crippen LogP contribution in [0.25, 0.3) is 5.57 Å². The van der Waals surface area contributed by atoms with Gasteiger partial charge in [0.2, 0.25) is 3.79 Å². The van der Waals surface area contributed by atoms with Gasteiger partial charge in [-0.05, 0) is 96.4 Å². The van der Waals surface area contributed by atoms with Crippen molar-refractivity contribution in [3.05, 3.63) is 104 Å². The minimum atomic E-state index is -1.87. The second-order valence-electron chi connectivity index (χ2n) is 12.8. The van der Waals surface area contributed by atoms with Gasteiger partial charge in [0.25, 0.3) is 5.91 Å². The number of carbonyl (C=O) groups is 2. The van der Waals surface area contributed by atoms with Crippen molar-refractivity contribution in [1.29, 1.82) is 0 Å². The van der Waals surface area contributed by atoms with Gasteiger partial charge in [0.1, 0.15) is 11.6 Å². The molecule has 0 spiro atoms. The van der Waals surface area contributed by atoms with E-state index in [9.17, 15) is 14.0 Å². The Balaban J connectivity index is 1.44. The Morgan fingerprint density at radius 3 is 2.46 bits per heavy atom. The van der Waals surface area contributed by atoms with Crippen LogP contribution in [0.2, 0.25) is 5.02 Å². The lowest BCUT2D eigenvalue weighted by Gasteiger charge is -2.48. The molecule has 2 aliphatic rings. The second-order valence-corrected chi connectivity index (χ2v) is 16.4. The second kappa shape index (κ2) is 16.4. The first-order valence-electron chi connectivity index (χ1n) is 16.4. The van der Waals surface area contributed by atoms with Crippen molar-refractivity contribution >= 4 is 79.9 Å². The first-order chi connectivity index (χ1) is 23.7. The summed E-state index contributed by atoms with van der Waals surface area (Å²) in [4.78, 5) is 31.9. The number of likely N-dealkylation sites (N-methyl/N-ethyl adjacent to an activating group) is 1. The smallest absolute Gasteiger partial charge is 0.411 e. The molecular formula is C37H39BrCl4FN3O4. The molecule has 0 aromatic heterocycles. The van der Waals surface area contributed by atoms with Gasteiger partial charge in [0.15, 0.2) is 5.60 Å². The van der Waals surface area contributed by atoms with Crippen LogP contribution in [0.3, 0.4) is 0 Å². The van der Waals surface area contributed by atoms with Crippen molar-refractivity contribution < 1.29 is 23.5 Å². The van der Waals surface area contributed by atoms with Crippen molar-refractivity contribution in [2.75, 3.05) is 26.2 Å². The third-order valence-corrected chi connectivity index (χ3v) is 11.5. The molecule has 50 heavy (non-hydrogen) atoms. The monoisotopic (exact) mass is 827 g/mol. The molecular weight excluding hydrogens is 791 g/mol. The largest absolute Gasteiger partial charge is 0.492 e. The van der Waals surface area contributed by atoms with E-state index < -0.39 is 21.5 Å². The fraction of sp³-hybridized carbons (Fsp3) is 0.405. The lowest BCUT2D eigenvalue weighted by Crippen LogP contribution is -2.64. The molecule has 2 bridgehead atoms. The van der Waals surface area contributed by atoms with E-state index in [2.05, 4.69) is 21.2 Å². The van der Waals surface area contributed by atoms with Crippen molar-refractivity contribution in [3.8, 4) is 5.75 Å². The van der Waals surface area contributed by atoms with Crippen LogP contribution in [0.4, 0.5) is 9.18 Å². The maximum absolute atomic E-state index is 14.7. The highest BCUT2D eigenvalue weighted by atomic mass is 79.9. The van der Waals surface area contributed by atoms with Gasteiger partial charge in [-0.2, -0.15) is 0 Å². The summed E-state index contributed by atoms with van der Waals surface area (Å²) in [5.74, 6) is -0.0878. The minimum absolute atomic E-state index is 0.197. The number of carbonyl (C=O) groups excluding carboxylic acids is 2. The molecule has 2 heterocycles. The molecule has 0 aliphatic carbocycles. The summed E-state index contributed by atoms with van der Waals surface area (Å²) in [5.41, 5.74) is 2.76. The first kappa shape index (κ1) is 38.7. The third kappa shape index (κ3) is 8.91. The summed E-state index contributed by atoms with van der Waals surface area (Å²) in [7, 11) is 0. The zero-order chi connectivity index (χ0) is 36.2. The van der Waals surface area contributed by atoms with E-state index in [4.69, 9.17) is 55.9 Å². The number of ether oxygens (including phenoxy) is 2. The number of nitrogens with one attached hydrogen (secondary N) is 1. The van der Waals surface area contributed by atoms with E-state index in [0.29, 0.717) is 60.0 Å². The average Bonchev–Trinajstić information content (AvgIpc) is 3.06. The van der Waals surface area contributed by atoms with Crippen molar-refractivity contribution in [2.45, 2.75) is 68.1 Å². The molecule has 268 valence electrons. The Morgan fingerprint density at radius 1 is 1.06 bits per heavy atom. The lowest BCUT2D eigenvalue weighted by atomic mass is 9.81. The van der Waals surface area contributed by atoms with Crippen LogP contribution in [0.1, 0.15) is 50.3 Å². The van der Waals surface area contributed by atoms with Gasteiger partial charge >= 0.3 is 6.09 Å². The zero-order valence-corrected chi connectivity index (χ0v) is 32.6. The van der Waals surface area contributed by atoms with Crippen molar-refractivity contribution in [3.63, 3.8) is 0 Å². The van der Waals surface area contributed by atoms with Crippen LogP contribution < -0.4 is 10.1 Å². The van der Waals surface area contributed by atoms with Gasteiger partial charge < -0.3 is 19.7 Å². The number of benzene rings is 3. The topological polar surface area (TPSA) is 71.1 Å². The molecule has 3 aromatic rings. The molecule has 2 unspecified atom stereocenters. The number of amides is 2. The molecule has 0 saturated carbocycles. The number of rotatable bonds is 11. The predicted octanol–water partition coefficient (Wildman–Crippen LogP) is 9.39. The summed E-state index contributed by atoms with van der Waals surface area (Å²) in [6, 6.07) is 19.0. The Kier molecular flexibility index (Phi) is 12.7. The van der Waals surface area contributed by atoms with Crippen LogP contribution in [-0.2, 0) is 22.5 Å². The number of hydrogen-bond acceptors (Lipinski definition) is 5. The molecule has 2 atom stereocenters. The molecule has 7 nitrogen and oxygen atoms in total. The number of nitrogens with zero attached hydrogens (tertiary/aromatic N) is 2. The Bertz CT molecular complexity index is 1730. The lowest BCUT2D eigenvalue weighted by molar-refractivity contribution is -0.128. The van der Waals surface area contributed by atoms with Crippen molar-refractivity contribution in [1.82, 2.24) is 15.1 Å². The number of fused-ring (bicyclic) bond motifs is 2. The summed E-state index contributed by atoms with van der Waals surface area (Å²) < 4.78 is 24.1. The van der Waals surface area contributed by atoms with Gasteiger partial charge in [-0.1, -0.05) is 88.9 Å². The third-order valence-electron chi connectivity index (χ3n) is 9.06. The van der Waals surface area contributed by atoms with Gasteiger partial charge in [-0.25, -0.2) is 9.18 Å². The van der Waals surface area contributed by atoms with E-state index in [0.717, 1.165) is 35.1 Å². The number of alkyl halides is 3. The Morgan fingerprint density at radius 2 is 1.78 bits per heavy atom. The fourth-order valence-electron chi connectivity index (χ4n) is 6.19. The predicted molar refractivity (Wildman–Crippen MR) is 202 cm³/mol. The molecule has 2 amide bonds. The molecule has 5 rings (SSSR count). The highest BCUT2D eigenvalue weighted by molar-refractivity contribution is 9.10. The van der Waals surface area contributed by atoms with Gasteiger partial charge in [0, 0.05) is 42.8 Å². The molecule has 3 aromatic carbocycles. The van der Waals surface area contributed by atoms with Crippen LogP contribution in [-0.4, -0.2) is 69.5 Å². The first-order valence-corrected chi connectivity index (χ1v) is 18.7. The fourth-order valence-corrected chi connectivity index (χ4v) is 6.87. The molecule has 1 N–H and O–H groups in total. The standard InChI is InChI=1S/C37H39BrCl4FN3O4/c1-4-45(22-25-9-5-6-10-30(25)39)34(47)33-28(19-27-20-44-21-31(33)46(27)35(48)50-36(2,3)37(40,41)42)24-13-11-23(12-14-24)8-7-17-49-32-18-26(43)15-16-29(32)38/h5-6,9-16,18,27,31,44H,4,7-8,17,19-22H2,1-3H3. The van der Waals surface area contributed by atoms with E-state index in [1.54, 1.807) is 35.8 Å². The number of piperazine rings is 1. The highest BCUT2D eigenvalue weighted by Crippen LogP contribution is 2.43. The molecule has 2 aliphatic heterocycles. The van der Waals surface area contributed by atoms with E-state index in [1.165, 1.54) is 12.1 Å². The van der Waals surface area contributed by atoms with E-state index in [1.807, 2.05) is 49.4 Å². The maximum atomic E-state index is 14.7. The zero-order valence-electron chi connectivity index (χ0n) is 28.0. The summed E-state index contributed by atoms with van der Waals surface area (Å²) in [6.45, 7) is 6.98. The van der Waals surface area contributed by atoms with Crippen LogP contribution >= 0.6 is 62.3 Å². The Hall–Kier alpha value is -2.53. The molecule has 0 radical (unpaired) electrons. The molecule has 1 fully saturated rings. The van der Waals surface area contributed by atoms with Gasteiger partial charge in [0.05, 0.1) is 23.2 Å². The minimum Gasteiger partial charge on any atom is -0.492 e. The molecule has 1 saturated heterocycles. The van der Waals surface area contributed by atoms with Crippen LogP contribution in [0.15, 0.2) is 76.8 Å². The maximum Gasteiger partial charge on any atom is 0.411 e. The van der Waals surface area contributed by atoms with Crippen LogP contribution in [0.5, 0.6) is 5.75 Å².